The fourth-order valence-corrected chi connectivity index (χ4v) is 1.59. The van der Waals surface area contributed by atoms with Gasteiger partial charge in [-0.1, -0.05) is 16.8 Å². The van der Waals surface area contributed by atoms with Gasteiger partial charge >= 0.3 is 0 Å². The van der Waals surface area contributed by atoms with Crippen molar-refractivity contribution in [2.75, 3.05) is 6.54 Å². The van der Waals surface area contributed by atoms with E-state index >= 15 is 0 Å². The van der Waals surface area contributed by atoms with E-state index in [9.17, 15) is 9.90 Å². The Labute approximate surface area is 108 Å². The average molecular weight is 267 g/mol. The Morgan fingerprint density at radius 3 is 3.00 bits per heavy atom. The summed E-state index contributed by atoms with van der Waals surface area (Å²) in [6.07, 6.45) is 3.26. The summed E-state index contributed by atoms with van der Waals surface area (Å²) in [5.41, 5.74) is 0.193. The van der Waals surface area contributed by atoms with Crippen LogP contribution in [0.2, 0.25) is 5.02 Å². The molecule has 1 heterocycles. The topological polar surface area (TPSA) is 80.0 Å². The van der Waals surface area contributed by atoms with Crippen LogP contribution in [0.4, 0.5) is 0 Å². The summed E-state index contributed by atoms with van der Waals surface area (Å²) >= 11 is 5.68. The molecule has 0 aliphatic carbocycles. The quantitative estimate of drug-likeness (QED) is 0.867. The molecule has 0 spiro atoms. The standard InChI is InChI=1S/C11H11ClN4O2/c12-8-1-2-9(10(17)7-8)11(18)13-3-5-16-6-4-14-15-16/h1-2,4,6-7,17H,3,5H2,(H,13,18). The fourth-order valence-electron chi connectivity index (χ4n) is 1.43. The molecule has 7 heteroatoms. The third kappa shape index (κ3) is 2.98. The van der Waals surface area contributed by atoms with E-state index in [4.69, 9.17) is 11.6 Å². The van der Waals surface area contributed by atoms with Gasteiger partial charge in [0.15, 0.2) is 0 Å². The number of halogens is 1. The summed E-state index contributed by atoms with van der Waals surface area (Å²) in [6.45, 7) is 0.907. The van der Waals surface area contributed by atoms with Gasteiger partial charge in [-0.25, -0.2) is 0 Å². The van der Waals surface area contributed by atoms with Crippen LogP contribution in [-0.4, -0.2) is 32.6 Å². The monoisotopic (exact) mass is 266 g/mol. The molecule has 94 valence electrons. The summed E-state index contributed by atoms with van der Waals surface area (Å²) in [5.74, 6) is -0.495. The molecule has 0 atom stereocenters. The third-order valence-electron chi connectivity index (χ3n) is 2.30. The van der Waals surface area contributed by atoms with Gasteiger partial charge in [-0.05, 0) is 18.2 Å². The Hall–Kier alpha value is -2.08. The molecule has 0 unspecified atom stereocenters. The van der Waals surface area contributed by atoms with E-state index in [2.05, 4.69) is 15.6 Å². The lowest BCUT2D eigenvalue weighted by Gasteiger charge is -2.06. The minimum absolute atomic E-state index is 0.138. The maximum absolute atomic E-state index is 11.7. The van der Waals surface area contributed by atoms with Gasteiger partial charge in [-0.15, -0.1) is 5.10 Å². The maximum Gasteiger partial charge on any atom is 0.255 e. The molecule has 6 nitrogen and oxygen atoms in total. The minimum atomic E-state index is -0.357. The highest BCUT2D eigenvalue weighted by molar-refractivity contribution is 6.30. The Kier molecular flexibility index (Phi) is 3.78. The largest absolute Gasteiger partial charge is 0.507 e. The Morgan fingerprint density at radius 1 is 1.50 bits per heavy atom. The van der Waals surface area contributed by atoms with Crippen LogP contribution in [0, 0.1) is 0 Å². The van der Waals surface area contributed by atoms with Crippen molar-refractivity contribution < 1.29 is 9.90 Å². The fraction of sp³-hybridized carbons (Fsp3) is 0.182. The summed E-state index contributed by atoms with van der Waals surface area (Å²) in [5, 5.41) is 20.0. The van der Waals surface area contributed by atoms with E-state index in [1.54, 1.807) is 23.1 Å². The summed E-state index contributed by atoms with van der Waals surface area (Å²) < 4.78 is 1.60. The van der Waals surface area contributed by atoms with Gasteiger partial charge in [0.25, 0.3) is 5.91 Å². The molecule has 1 aromatic carbocycles. The van der Waals surface area contributed by atoms with Crippen molar-refractivity contribution in [1.29, 1.82) is 0 Å². The van der Waals surface area contributed by atoms with Crippen molar-refractivity contribution >= 4 is 17.5 Å². The highest BCUT2D eigenvalue weighted by Crippen LogP contribution is 2.21. The molecule has 0 saturated heterocycles. The van der Waals surface area contributed by atoms with Crippen molar-refractivity contribution in [3.63, 3.8) is 0 Å². The zero-order valence-electron chi connectivity index (χ0n) is 9.38. The number of hydrogen-bond donors (Lipinski definition) is 2. The zero-order valence-corrected chi connectivity index (χ0v) is 10.1. The molecule has 0 aliphatic heterocycles. The Bertz CT molecular complexity index is 542. The second kappa shape index (κ2) is 5.50. The number of phenolic OH excluding ortho intramolecular Hbond substituents is 1. The molecular weight excluding hydrogens is 256 g/mol. The lowest BCUT2D eigenvalue weighted by Crippen LogP contribution is -2.27. The number of nitrogens with one attached hydrogen (secondary N) is 1. The molecule has 0 radical (unpaired) electrons. The lowest BCUT2D eigenvalue weighted by atomic mass is 10.2. The first-order chi connectivity index (χ1) is 8.66. The van der Waals surface area contributed by atoms with Crippen LogP contribution >= 0.6 is 11.6 Å². The number of benzene rings is 1. The predicted molar refractivity (Wildman–Crippen MR) is 65.5 cm³/mol. The molecule has 2 aromatic rings. The number of carbonyl (C=O) groups is 1. The first-order valence-corrected chi connectivity index (χ1v) is 5.65. The van der Waals surface area contributed by atoms with Crippen molar-refractivity contribution in [2.45, 2.75) is 6.54 Å². The smallest absolute Gasteiger partial charge is 0.255 e. The van der Waals surface area contributed by atoms with Crippen LogP contribution in [0.5, 0.6) is 5.75 Å². The molecule has 1 aromatic heterocycles. The number of phenols is 1. The van der Waals surface area contributed by atoms with Gasteiger partial charge in [0, 0.05) is 17.8 Å². The predicted octanol–water partition coefficient (Wildman–Crippen LogP) is 1.07. The van der Waals surface area contributed by atoms with Gasteiger partial charge in [0.1, 0.15) is 5.75 Å². The van der Waals surface area contributed by atoms with Gasteiger partial charge in [-0.2, -0.15) is 0 Å². The minimum Gasteiger partial charge on any atom is -0.507 e. The number of amides is 1. The van der Waals surface area contributed by atoms with E-state index in [-0.39, 0.29) is 17.2 Å². The molecule has 0 fully saturated rings. The molecule has 0 bridgehead atoms. The number of nitrogens with zero attached hydrogens (tertiary/aromatic N) is 3. The first kappa shape index (κ1) is 12.4. The Balaban J connectivity index is 1.91. The number of rotatable bonds is 4. The molecule has 18 heavy (non-hydrogen) atoms. The lowest BCUT2D eigenvalue weighted by molar-refractivity contribution is 0.0949. The summed E-state index contributed by atoms with van der Waals surface area (Å²) in [4.78, 5) is 11.7. The van der Waals surface area contributed by atoms with Crippen molar-refractivity contribution in [3.8, 4) is 5.75 Å². The van der Waals surface area contributed by atoms with E-state index in [1.165, 1.54) is 12.1 Å². The van der Waals surface area contributed by atoms with Crippen LogP contribution in [0.1, 0.15) is 10.4 Å². The van der Waals surface area contributed by atoms with Crippen LogP contribution in [-0.2, 0) is 6.54 Å². The van der Waals surface area contributed by atoms with Crippen LogP contribution in [0.15, 0.2) is 30.6 Å². The van der Waals surface area contributed by atoms with E-state index in [0.29, 0.717) is 18.1 Å². The molecule has 2 rings (SSSR count). The van der Waals surface area contributed by atoms with Crippen LogP contribution in [0.25, 0.3) is 0 Å². The molecule has 2 N–H and O–H groups in total. The Morgan fingerprint density at radius 2 is 2.33 bits per heavy atom. The normalized spacial score (nSPS) is 10.3. The SMILES string of the molecule is O=C(NCCn1ccnn1)c1ccc(Cl)cc1O. The number of carbonyl (C=O) groups excluding carboxylic acids is 1. The number of aromatic hydroxyl groups is 1. The van der Waals surface area contributed by atoms with E-state index < -0.39 is 0 Å². The summed E-state index contributed by atoms with van der Waals surface area (Å²) in [7, 11) is 0. The maximum atomic E-state index is 11.7. The zero-order chi connectivity index (χ0) is 13.0. The second-order valence-corrected chi connectivity index (χ2v) is 4.02. The molecular formula is C11H11ClN4O2. The number of aromatic nitrogens is 3. The molecule has 0 saturated carbocycles. The van der Waals surface area contributed by atoms with Crippen molar-refractivity contribution in [2.24, 2.45) is 0 Å². The second-order valence-electron chi connectivity index (χ2n) is 3.58. The molecule has 0 aliphatic rings. The molecule has 1 amide bonds. The van der Waals surface area contributed by atoms with Gasteiger partial charge in [-0.3, -0.25) is 9.48 Å². The highest BCUT2D eigenvalue weighted by atomic mass is 35.5. The van der Waals surface area contributed by atoms with Crippen molar-refractivity contribution in [3.05, 3.63) is 41.2 Å². The first-order valence-electron chi connectivity index (χ1n) is 5.27. The number of hydrogen-bond acceptors (Lipinski definition) is 4. The van der Waals surface area contributed by atoms with E-state index in [0.717, 1.165) is 0 Å². The average Bonchev–Trinajstić information content (AvgIpc) is 2.81. The van der Waals surface area contributed by atoms with Crippen molar-refractivity contribution in [1.82, 2.24) is 20.3 Å². The van der Waals surface area contributed by atoms with Crippen LogP contribution in [0.3, 0.4) is 0 Å². The van der Waals surface area contributed by atoms with Crippen LogP contribution < -0.4 is 5.32 Å². The highest BCUT2D eigenvalue weighted by Gasteiger charge is 2.10. The van der Waals surface area contributed by atoms with Gasteiger partial charge in [0.2, 0.25) is 0 Å². The third-order valence-corrected chi connectivity index (χ3v) is 2.54. The van der Waals surface area contributed by atoms with Gasteiger partial charge < -0.3 is 10.4 Å². The van der Waals surface area contributed by atoms with E-state index in [1.807, 2.05) is 0 Å². The summed E-state index contributed by atoms with van der Waals surface area (Å²) in [6, 6.07) is 4.35. The van der Waals surface area contributed by atoms with Gasteiger partial charge in [0.05, 0.1) is 18.3 Å².